The highest BCUT2D eigenvalue weighted by Crippen LogP contribution is 2.22. The van der Waals surface area contributed by atoms with E-state index < -0.39 is 0 Å². The second-order valence-corrected chi connectivity index (χ2v) is 4.60. The standard InChI is InChI=1S/C15H12N2O3/c18-11-3-1-10(2-4-11)6-8-17-14(19)12-5-7-16-9-13(12)15(17)20/h1-5,7,9,18H,6,8H2. The summed E-state index contributed by atoms with van der Waals surface area (Å²) in [6.07, 6.45) is 3.49. The lowest BCUT2D eigenvalue weighted by atomic mass is 10.1. The average molecular weight is 268 g/mol. The molecule has 5 heteroatoms. The molecule has 2 heterocycles. The van der Waals surface area contributed by atoms with Crippen molar-refractivity contribution in [3.8, 4) is 5.75 Å². The molecule has 0 unspecified atom stereocenters. The summed E-state index contributed by atoms with van der Waals surface area (Å²) in [5.74, 6) is -0.372. The summed E-state index contributed by atoms with van der Waals surface area (Å²) < 4.78 is 0. The van der Waals surface area contributed by atoms with Crippen LogP contribution >= 0.6 is 0 Å². The van der Waals surface area contributed by atoms with Crippen LogP contribution in [-0.2, 0) is 6.42 Å². The van der Waals surface area contributed by atoms with Crippen LogP contribution in [0.2, 0.25) is 0 Å². The van der Waals surface area contributed by atoms with Crippen molar-refractivity contribution < 1.29 is 14.7 Å². The molecule has 0 fully saturated rings. The number of nitrogens with zero attached hydrogens (tertiary/aromatic N) is 2. The molecule has 5 nitrogen and oxygen atoms in total. The lowest BCUT2D eigenvalue weighted by Gasteiger charge is -2.13. The van der Waals surface area contributed by atoms with E-state index in [2.05, 4.69) is 4.98 Å². The Morgan fingerprint density at radius 3 is 2.40 bits per heavy atom. The summed E-state index contributed by atoms with van der Waals surface area (Å²) in [4.78, 5) is 29.3. The molecule has 100 valence electrons. The minimum atomic E-state index is -0.295. The number of carbonyl (C=O) groups is 2. The molecular formula is C15H12N2O3. The van der Waals surface area contributed by atoms with Crippen LogP contribution in [0.3, 0.4) is 0 Å². The summed E-state index contributed by atoms with van der Waals surface area (Å²) in [7, 11) is 0. The number of carbonyl (C=O) groups excluding carboxylic acids is 2. The molecule has 0 aliphatic carbocycles. The number of rotatable bonds is 3. The van der Waals surface area contributed by atoms with Gasteiger partial charge < -0.3 is 5.11 Å². The zero-order valence-electron chi connectivity index (χ0n) is 10.6. The van der Waals surface area contributed by atoms with Crippen LogP contribution < -0.4 is 0 Å². The van der Waals surface area contributed by atoms with Gasteiger partial charge in [-0.2, -0.15) is 0 Å². The quantitative estimate of drug-likeness (QED) is 0.859. The van der Waals surface area contributed by atoms with Crippen molar-refractivity contribution >= 4 is 11.8 Å². The zero-order valence-corrected chi connectivity index (χ0v) is 10.6. The Bertz CT molecular complexity index is 645. The molecule has 1 aliphatic rings. The highest BCUT2D eigenvalue weighted by atomic mass is 16.3. The summed E-state index contributed by atoms with van der Waals surface area (Å²) in [6, 6.07) is 8.28. The van der Waals surface area contributed by atoms with E-state index in [0.29, 0.717) is 24.1 Å². The Labute approximate surface area is 115 Å². The molecule has 0 saturated heterocycles. The van der Waals surface area contributed by atoms with E-state index in [9.17, 15) is 14.7 Å². The maximum Gasteiger partial charge on any atom is 0.263 e. The molecule has 1 aromatic heterocycles. The Hall–Kier alpha value is -2.69. The molecule has 0 atom stereocenters. The van der Waals surface area contributed by atoms with Crippen molar-refractivity contribution in [2.75, 3.05) is 6.54 Å². The number of aromatic nitrogens is 1. The van der Waals surface area contributed by atoms with E-state index in [-0.39, 0.29) is 17.6 Å². The van der Waals surface area contributed by atoms with Crippen molar-refractivity contribution in [1.82, 2.24) is 9.88 Å². The fraction of sp³-hybridized carbons (Fsp3) is 0.133. The number of phenolic OH excluding ortho intramolecular Hbond substituents is 1. The number of imide groups is 1. The maximum absolute atomic E-state index is 12.1. The first-order chi connectivity index (χ1) is 9.66. The number of benzene rings is 1. The van der Waals surface area contributed by atoms with Gasteiger partial charge in [0.1, 0.15) is 5.75 Å². The van der Waals surface area contributed by atoms with Gasteiger partial charge in [-0.3, -0.25) is 19.5 Å². The molecule has 0 spiro atoms. The van der Waals surface area contributed by atoms with Gasteiger partial charge in [0.25, 0.3) is 11.8 Å². The summed E-state index contributed by atoms with van der Waals surface area (Å²) in [5.41, 5.74) is 1.73. The summed E-state index contributed by atoms with van der Waals surface area (Å²) >= 11 is 0. The van der Waals surface area contributed by atoms with Crippen molar-refractivity contribution in [3.63, 3.8) is 0 Å². The summed E-state index contributed by atoms with van der Waals surface area (Å²) in [6.45, 7) is 0.317. The number of pyridine rings is 1. The third-order valence-corrected chi connectivity index (χ3v) is 3.33. The first kappa shape index (κ1) is 12.3. The largest absolute Gasteiger partial charge is 0.508 e. The lowest BCUT2D eigenvalue weighted by Crippen LogP contribution is -2.31. The van der Waals surface area contributed by atoms with Gasteiger partial charge in [0, 0.05) is 18.9 Å². The normalized spacial score (nSPS) is 13.7. The molecule has 1 aliphatic heterocycles. The third-order valence-electron chi connectivity index (χ3n) is 3.33. The molecule has 2 amide bonds. The molecule has 0 radical (unpaired) electrons. The Kier molecular flexibility index (Phi) is 2.95. The Morgan fingerprint density at radius 1 is 1.00 bits per heavy atom. The fourth-order valence-corrected chi connectivity index (χ4v) is 2.24. The number of hydrogen-bond acceptors (Lipinski definition) is 4. The van der Waals surface area contributed by atoms with Crippen molar-refractivity contribution in [2.24, 2.45) is 0 Å². The number of hydrogen-bond donors (Lipinski definition) is 1. The SMILES string of the molecule is O=C1c2ccncc2C(=O)N1CCc1ccc(O)cc1. The highest BCUT2D eigenvalue weighted by molar-refractivity contribution is 6.21. The van der Waals surface area contributed by atoms with Gasteiger partial charge in [-0.1, -0.05) is 12.1 Å². The zero-order chi connectivity index (χ0) is 14.1. The molecule has 1 aromatic carbocycles. The maximum atomic E-state index is 12.1. The first-order valence-corrected chi connectivity index (χ1v) is 6.25. The van der Waals surface area contributed by atoms with Gasteiger partial charge in [0.2, 0.25) is 0 Å². The van der Waals surface area contributed by atoms with E-state index in [1.807, 2.05) is 0 Å². The smallest absolute Gasteiger partial charge is 0.263 e. The highest BCUT2D eigenvalue weighted by Gasteiger charge is 2.34. The van der Waals surface area contributed by atoms with Gasteiger partial charge in [-0.05, 0) is 30.2 Å². The van der Waals surface area contributed by atoms with Crippen molar-refractivity contribution in [3.05, 3.63) is 59.4 Å². The first-order valence-electron chi connectivity index (χ1n) is 6.25. The number of fused-ring (bicyclic) bond motifs is 1. The third kappa shape index (κ3) is 2.03. The van der Waals surface area contributed by atoms with Crippen LogP contribution in [0.15, 0.2) is 42.7 Å². The Morgan fingerprint density at radius 2 is 1.70 bits per heavy atom. The van der Waals surface area contributed by atoms with Crippen LogP contribution in [0, 0.1) is 0 Å². The van der Waals surface area contributed by atoms with Crippen LogP contribution in [0.4, 0.5) is 0 Å². The monoisotopic (exact) mass is 268 g/mol. The van der Waals surface area contributed by atoms with Crippen LogP contribution in [0.5, 0.6) is 5.75 Å². The van der Waals surface area contributed by atoms with Gasteiger partial charge >= 0.3 is 0 Å². The molecular weight excluding hydrogens is 256 g/mol. The minimum absolute atomic E-state index is 0.195. The van der Waals surface area contributed by atoms with E-state index in [4.69, 9.17) is 0 Å². The number of aromatic hydroxyl groups is 1. The second-order valence-electron chi connectivity index (χ2n) is 4.60. The van der Waals surface area contributed by atoms with Crippen molar-refractivity contribution in [1.29, 1.82) is 0 Å². The second kappa shape index (κ2) is 4.77. The summed E-state index contributed by atoms with van der Waals surface area (Å²) in [5, 5.41) is 9.21. The predicted molar refractivity (Wildman–Crippen MR) is 71.4 cm³/mol. The number of phenols is 1. The van der Waals surface area contributed by atoms with Crippen LogP contribution in [-0.4, -0.2) is 33.3 Å². The Balaban J connectivity index is 1.75. The molecule has 3 rings (SSSR count). The molecule has 0 saturated carbocycles. The van der Waals surface area contributed by atoms with Gasteiger partial charge in [-0.25, -0.2) is 0 Å². The van der Waals surface area contributed by atoms with E-state index in [0.717, 1.165) is 5.56 Å². The minimum Gasteiger partial charge on any atom is -0.508 e. The molecule has 2 aromatic rings. The molecule has 20 heavy (non-hydrogen) atoms. The fourth-order valence-electron chi connectivity index (χ4n) is 2.24. The van der Waals surface area contributed by atoms with Gasteiger partial charge in [-0.15, -0.1) is 0 Å². The van der Waals surface area contributed by atoms with E-state index >= 15 is 0 Å². The topological polar surface area (TPSA) is 70.5 Å². The van der Waals surface area contributed by atoms with E-state index in [1.54, 1.807) is 30.3 Å². The number of amides is 2. The van der Waals surface area contributed by atoms with Gasteiger partial charge in [0.05, 0.1) is 11.1 Å². The van der Waals surface area contributed by atoms with Gasteiger partial charge in [0.15, 0.2) is 0 Å². The lowest BCUT2D eigenvalue weighted by molar-refractivity contribution is 0.0656. The van der Waals surface area contributed by atoms with Crippen LogP contribution in [0.25, 0.3) is 0 Å². The average Bonchev–Trinajstić information content (AvgIpc) is 2.71. The molecule has 0 bridgehead atoms. The van der Waals surface area contributed by atoms with Crippen LogP contribution in [0.1, 0.15) is 26.3 Å². The van der Waals surface area contributed by atoms with E-state index in [1.165, 1.54) is 17.3 Å². The predicted octanol–water partition coefficient (Wildman–Crippen LogP) is 1.63. The molecule has 1 N–H and O–H groups in total. The van der Waals surface area contributed by atoms with Crippen molar-refractivity contribution in [2.45, 2.75) is 6.42 Å².